The average Bonchev–Trinajstić information content (AvgIpc) is 2.54. The van der Waals surface area contributed by atoms with Crippen molar-refractivity contribution in [1.82, 2.24) is 4.98 Å². The van der Waals surface area contributed by atoms with Gasteiger partial charge in [-0.25, -0.2) is 0 Å². The summed E-state index contributed by atoms with van der Waals surface area (Å²) < 4.78 is 11.3. The molecule has 2 heterocycles. The van der Waals surface area contributed by atoms with Gasteiger partial charge in [-0.3, -0.25) is 4.98 Å². The molecule has 1 aliphatic rings. The number of hydrogen-bond donors (Lipinski definition) is 1. The molecule has 110 valence electrons. The minimum atomic E-state index is -0.0688. The second kappa shape index (κ2) is 5.74. The molecule has 0 spiro atoms. The van der Waals surface area contributed by atoms with Crippen molar-refractivity contribution in [3.05, 3.63) is 53.9 Å². The highest BCUT2D eigenvalue weighted by Crippen LogP contribution is 2.37. The summed E-state index contributed by atoms with van der Waals surface area (Å²) >= 11 is 0. The Balaban J connectivity index is 1.81. The van der Waals surface area contributed by atoms with Crippen LogP contribution in [0.5, 0.6) is 11.5 Å². The summed E-state index contributed by atoms with van der Waals surface area (Å²) in [6, 6.07) is 11.9. The van der Waals surface area contributed by atoms with Gasteiger partial charge in [-0.15, -0.1) is 0 Å². The Morgan fingerprint density at radius 3 is 2.76 bits per heavy atom. The Bertz CT molecular complexity index is 612. The van der Waals surface area contributed by atoms with Crippen LogP contribution in [0.4, 0.5) is 0 Å². The smallest absolute Gasteiger partial charge is 0.142 e. The lowest BCUT2D eigenvalue weighted by atomic mass is 9.88. The summed E-state index contributed by atoms with van der Waals surface area (Å²) in [5.74, 6) is 1.93. The number of methoxy groups -OCH3 is 1. The zero-order chi connectivity index (χ0) is 14.8. The van der Waals surface area contributed by atoms with E-state index < -0.39 is 0 Å². The second-order valence-electron chi connectivity index (χ2n) is 5.45. The van der Waals surface area contributed by atoms with E-state index in [2.05, 4.69) is 24.0 Å². The largest absolute Gasteiger partial charge is 0.497 e. The molecule has 0 aliphatic carbocycles. The van der Waals surface area contributed by atoms with Crippen LogP contribution in [0.25, 0.3) is 0 Å². The SMILES string of the molecule is COc1ccc([C@H](C)C2CC(N)c3ncccc3O2)cc1. The molecular weight excluding hydrogens is 264 g/mol. The molecule has 1 aliphatic heterocycles. The fourth-order valence-electron chi connectivity index (χ4n) is 2.78. The van der Waals surface area contributed by atoms with E-state index in [1.54, 1.807) is 13.3 Å². The van der Waals surface area contributed by atoms with E-state index in [1.165, 1.54) is 5.56 Å². The zero-order valence-corrected chi connectivity index (χ0v) is 12.3. The molecule has 0 bridgehead atoms. The fraction of sp³-hybridized carbons (Fsp3) is 0.353. The van der Waals surface area contributed by atoms with E-state index in [0.29, 0.717) is 0 Å². The predicted molar refractivity (Wildman–Crippen MR) is 81.6 cm³/mol. The van der Waals surface area contributed by atoms with Crippen molar-refractivity contribution in [2.24, 2.45) is 5.73 Å². The Kier molecular flexibility index (Phi) is 3.80. The Hall–Kier alpha value is -2.07. The molecule has 0 saturated carbocycles. The molecule has 1 aromatic carbocycles. The Morgan fingerprint density at radius 1 is 1.29 bits per heavy atom. The number of fused-ring (bicyclic) bond motifs is 1. The molecular formula is C17H20N2O2. The maximum atomic E-state index is 6.24. The van der Waals surface area contributed by atoms with Gasteiger partial charge in [-0.05, 0) is 29.8 Å². The van der Waals surface area contributed by atoms with Crippen molar-refractivity contribution in [2.45, 2.75) is 31.4 Å². The number of pyridine rings is 1. The Morgan fingerprint density at radius 2 is 2.05 bits per heavy atom. The summed E-state index contributed by atoms with van der Waals surface area (Å²) in [7, 11) is 1.67. The maximum Gasteiger partial charge on any atom is 0.142 e. The van der Waals surface area contributed by atoms with Crippen LogP contribution in [-0.2, 0) is 0 Å². The van der Waals surface area contributed by atoms with Crippen molar-refractivity contribution in [3.8, 4) is 11.5 Å². The molecule has 21 heavy (non-hydrogen) atoms. The summed E-state index contributed by atoms with van der Waals surface area (Å²) in [4.78, 5) is 4.32. The van der Waals surface area contributed by atoms with Crippen LogP contribution in [0.3, 0.4) is 0 Å². The third-order valence-corrected chi connectivity index (χ3v) is 4.11. The normalized spacial score (nSPS) is 22.0. The van der Waals surface area contributed by atoms with E-state index in [1.807, 2.05) is 24.3 Å². The van der Waals surface area contributed by atoms with Gasteiger partial charge in [0.2, 0.25) is 0 Å². The first-order valence-electron chi connectivity index (χ1n) is 7.20. The molecule has 3 atom stereocenters. The highest BCUT2D eigenvalue weighted by molar-refractivity contribution is 5.34. The molecule has 0 amide bonds. The van der Waals surface area contributed by atoms with E-state index in [9.17, 15) is 0 Å². The molecule has 2 unspecified atom stereocenters. The predicted octanol–water partition coefficient (Wildman–Crippen LogP) is 3.04. The third kappa shape index (κ3) is 2.72. The van der Waals surface area contributed by atoms with Gasteiger partial charge in [0.1, 0.15) is 17.6 Å². The van der Waals surface area contributed by atoms with Crippen LogP contribution in [0.1, 0.15) is 36.6 Å². The quantitative estimate of drug-likeness (QED) is 0.941. The van der Waals surface area contributed by atoms with Crippen molar-refractivity contribution >= 4 is 0 Å². The highest BCUT2D eigenvalue weighted by atomic mass is 16.5. The van der Waals surface area contributed by atoms with Crippen LogP contribution in [-0.4, -0.2) is 18.2 Å². The third-order valence-electron chi connectivity index (χ3n) is 4.11. The first-order chi connectivity index (χ1) is 10.2. The lowest BCUT2D eigenvalue weighted by Crippen LogP contribution is -2.33. The Labute approximate surface area is 124 Å². The molecule has 4 heteroatoms. The van der Waals surface area contributed by atoms with Gasteiger partial charge in [0.15, 0.2) is 0 Å². The van der Waals surface area contributed by atoms with Crippen LogP contribution in [0, 0.1) is 0 Å². The van der Waals surface area contributed by atoms with E-state index in [4.69, 9.17) is 15.2 Å². The van der Waals surface area contributed by atoms with Crippen molar-refractivity contribution in [1.29, 1.82) is 0 Å². The van der Waals surface area contributed by atoms with E-state index in [0.717, 1.165) is 23.6 Å². The monoisotopic (exact) mass is 284 g/mol. The molecule has 0 saturated heterocycles. The second-order valence-corrected chi connectivity index (χ2v) is 5.45. The molecule has 2 aromatic rings. The number of ether oxygens (including phenoxy) is 2. The lowest BCUT2D eigenvalue weighted by Gasteiger charge is -2.33. The summed E-state index contributed by atoms with van der Waals surface area (Å²) in [6.07, 6.45) is 2.59. The molecule has 4 nitrogen and oxygen atoms in total. The standard InChI is InChI=1S/C17H20N2O2/c1-11(12-5-7-13(20-2)8-6-12)16-10-14(18)17-15(21-16)4-3-9-19-17/h3-9,11,14,16H,10,18H2,1-2H3/t11-,14?,16?/m0/s1. The number of nitrogens with two attached hydrogens (primary N) is 1. The number of benzene rings is 1. The summed E-state index contributed by atoms with van der Waals surface area (Å²) in [5, 5.41) is 0. The van der Waals surface area contributed by atoms with Gasteiger partial charge in [0, 0.05) is 18.5 Å². The summed E-state index contributed by atoms with van der Waals surface area (Å²) in [5.41, 5.74) is 8.32. The maximum absolute atomic E-state index is 6.24. The van der Waals surface area contributed by atoms with Gasteiger partial charge in [-0.1, -0.05) is 19.1 Å². The van der Waals surface area contributed by atoms with Crippen molar-refractivity contribution in [2.75, 3.05) is 7.11 Å². The molecule has 0 radical (unpaired) electrons. The molecule has 0 fully saturated rings. The minimum Gasteiger partial charge on any atom is -0.497 e. The first kappa shape index (κ1) is 13.9. The fourth-order valence-corrected chi connectivity index (χ4v) is 2.78. The van der Waals surface area contributed by atoms with Gasteiger partial charge < -0.3 is 15.2 Å². The van der Waals surface area contributed by atoms with Gasteiger partial charge >= 0.3 is 0 Å². The van der Waals surface area contributed by atoms with Crippen LogP contribution in [0.2, 0.25) is 0 Å². The van der Waals surface area contributed by atoms with E-state index >= 15 is 0 Å². The average molecular weight is 284 g/mol. The van der Waals surface area contributed by atoms with Gasteiger partial charge in [-0.2, -0.15) is 0 Å². The number of hydrogen-bond acceptors (Lipinski definition) is 4. The van der Waals surface area contributed by atoms with Crippen LogP contribution in [0.15, 0.2) is 42.6 Å². The van der Waals surface area contributed by atoms with Gasteiger partial charge in [0.25, 0.3) is 0 Å². The number of aromatic nitrogens is 1. The topological polar surface area (TPSA) is 57.4 Å². The van der Waals surface area contributed by atoms with Crippen LogP contribution < -0.4 is 15.2 Å². The highest BCUT2D eigenvalue weighted by Gasteiger charge is 2.31. The summed E-state index contributed by atoms with van der Waals surface area (Å²) in [6.45, 7) is 2.17. The van der Waals surface area contributed by atoms with Crippen LogP contribution >= 0.6 is 0 Å². The number of rotatable bonds is 3. The molecule has 2 N–H and O–H groups in total. The molecule has 3 rings (SSSR count). The molecule has 1 aromatic heterocycles. The van der Waals surface area contributed by atoms with Crippen molar-refractivity contribution < 1.29 is 9.47 Å². The lowest BCUT2D eigenvalue weighted by molar-refractivity contribution is 0.134. The minimum absolute atomic E-state index is 0.0603. The first-order valence-corrected chi connectivity index (χ1v) is 7.20. The zero-order valence-electron chi connectivity index (χ0n) is 12.3. The van der Waals surface area contributed by atoms with E-state index in [-0.39, 0.29) is 18.1 Å². The van der Waals surface area contributed by atoms with Crippen molar-refractivity contribution in [3.63, 3.8) is 0 Å². The van der Waals surface area contributed by atoms with Gasteiger partial charge in [0.05, 0.1) is 18.8 Å². The number of nitrogens with zero attached hydrogens (tertiary/aromatic N) is 1.